The van der Waals surface area contributed by atoms with Crippen molar-refractivity contribution >= 4 is 0 Å². The normalized spacial score (nSPS) is 15.4. The quantitative estimate of drug-likeness (QED) is 0.760. The standard InChI is InChI=1S/C11H19NO2/c1-4-9(13-5-2)11(12-3)10-7-6-8-14-10/h6-9,11-12H,4-5H2,1-3H3. The molecule has 3 heteroatoms. The Balaban J connectivity index is 2.68. The second kappa shape index (κ2) is 5.83. The second-order valence-electron chi connectivity index (χ2n) is 3.18. The monoisotopic (exact) mass is 197 g/mol. The van der Waals surface area contributed by atoms with Crippen molar-refractivity contribution < 1.29 is 9.15 Å². The molecule has 0 bridgehead atoms. The van der Waals surface area contributed by atoms with Crippen LogP contribution in [-0.2, 0) is 4.74 Å². The average molecular weight is 197 g/mol. The Morgan fingerprint density at radius 3 is 2.71 bits per heavy atom. The van der Waals surface area contributed by atoms with Crippen molar-refractivity contribution in [2.75, 3.05) is 13.7 Å². The van der Waals surface area contributed by atoms with E-state index in [9.17, 15) is 0 Å². The van der Waals surface area contributed by atoms with E-state index < -0.39 is 0 Å². The van der Waals surface area contributed by atoms with Gasteiger partial charge in [-0.2, -0.15) is 0 Å². The number of rotatable bonds is 6. The first-order valence-electron chi connectivity index (χ1n) is 5.15. The van der Waals surface area contributed by atoms with Gasteiger partial charge in [0.05, 0.1) is 18.4 Å². The van der Waals surface area contributed by atoms with Crippen LogP contribution in [0.5, 0.6) is 0 Å². The summed E-state index contributed by atoms with van der Waals surface area (Å²) in [7, 11) is 1.93. The van der Waals surface area contributed by atoms with E-state index in [1.165, 1.54) is 0 Å². The molecule has 0 fully saturated rings. The first kappa shape index (κ1) is 11.3. The second-order valence-corrected chi connectivity index (χ2v) is 3.18. The largest absolute Gasteiger partial charge is 0.468 e. The van der Waals surface area contributed by atoms with Crippen molar-refractivity contribution in [1.29, 1.82) is 0 Å². The van der Waals surface area contributed by atoms with Gasteiger partial charge in [0.1, 0.15) is 5.76 Å². The Morgan fingerprint density at radius 2 is 2.29 bits per heavy atom. The molecule has 0 spiro atoms. The summed E-state index contributed by atoms with van der Waals surface area (Å²) in [5.74, 6) is 0.938. The molecule has 0 amide bonds. The number of furan rings is 1. The van der Waals surface area contributed by atoms with Crippen LogP contribution in [0, 0.1) is 0 Å². The fourth-order valence-corrected chi connectivity index (χ4v) is 1.64. The molecule has 2 unspecified atom stereocenters. The topological polar surface area (TPSA) is 34.4 Å². The number of nitrogens with one attached hydrogen (secondary N) is 1. The van der Waals surface area contributed by atoms with E-state index in [-0.39, 0.29) is 12.1 Å². The van der Waals surface area contributed by atoms with E-state index in [2.05, 4.69) is 12.2 Å². The minimum absolute atomic E-state index is 0.148. The molecule has 0 aromatic carbocycles. The summed E-state index contributed by atoms with van der Waals surface area (Å²) in [6.45, 7) is 4.86. The summed E-state index contributed by atoms with van der Waals surface area (Å²) < 4.78 is 11.0. The number of hydrogen-bond donors (Lipinski definition) is 1. The molecule has 1 N–H and O–H groups in total. The van der Waals surface area contributed by atoms with Gasteiger partial charge in [0.2, 0.25) is 0 Å². The fraction of sp³-hybridized carbons (Fsp3) is 0.636. The van der Waals surface area contributed by atoms with Crippen molar-refractivity contribution in [2.45, 2.75) is 32.4 Å². The lowest BCUT2D eigenvalue weighted by Crippen LogP contribution is -2.31. The van der Waals surface area contributed by atoms with Gasteiger partial charge in [0.15, 0.2) is 0 Å². The molecule has 0 aliphatic heterocycles. The molecular formula is C11H19NO2. The summed E-state index contributed by atoms with van der Waals surface area (Å²) >= 11 is 0. The van der Waals surface area contributed by atoms with Gasteiger partial charge in [-0.05, 0) is 32.5 Å². The molecule has 0 aliphatic carbocycles. The summed E-state index contributed by atoms with van der Waals surface area (Å²) in [6, 6.07) is 4.02. The molecule has 14 heavy (non-hydrogen) atoms. The molecule has 2 atom stereocenters. The van der Waals surface area contributed by atoms with Crippen LogP contribution in [0.15, 0.2) is 22.8 Å². The number of likely N-dealkylation sites (N-methyl/N-ethyl adjacent to an activating group) is 1. The average Bonchev–Trinajstić information content (AvgIpc) is 2.71. The third-order valence-electron chi connectivity index (χ3n) is 2.32. The highest BCUT2D eigenvalue weighted by atomic mass is 16.5. The van der Waals surface area contributed by atoms with Gasteiger partial charge < -0.3 is 14.5 Å². The van der Waals surface area contributed by atoms with Crippen LogP contribution < -0.4 is 5.32 Å². The van der Waals surface area contributed by atoms with E-state index in [1.807, 2.05) is 26.1 Å². The Hall–Kier alpha value is -0.800. The Bertz CT molecular complexity index is 233. The minimum atomic E-state index is 0.148. The third-order valence-corrected chi connectivity index (χ3v) is 2.32. The molecule has 1 heterocycles. The minimum Gasteiger partial charge on any atom is -0.468 e. The molecule has 1 aromatic heterocycles. The molecule has 0 aliphatic rings. The first-order valence-corrected chi connectivity index (χ1v) is 5.15. The van der Waals surface area contributed by atoms with E-state index in [1.54, 1.807) is 6.26 Å². The van der Waals surface area contributed by atoms with Crippen LogP contribution >= 0.6 is 0 Å². The van der Waals surface area contributed by atoms with Gasteiger partial charge >= 0.3 is 0 Å². The maximum Gasteiger partial charge on any atom is 0.123 e. The lowest BCUT2D eigenvalue weighted by molar-refractivity contribution is 0.0279. The number of hydrogen-bond acceptors (Lipinski definition) is 3. The zero-order chi connectivity index (χ0) is 10.4. The van der Waals surface area contributed by atoms with Gasteiger partial charge in [-0.1, -0.05) is 6.92 Å². The number of ether oxygens (including phenoxy) is 1. The Labute approximate surface area is 85.4 Å². The van der Waals surface area contributed by atoms with Gasteiger partial charge in [-0.15, -0.1) is 0 Å². The molecule has 0 saturated carbocycles. The molecule has 0 radical (unpaired) electrons. The molecule has 80 valence electrons. The molecule has 1 aromatic rings. The zero-order valence-corrected chi connectivity index (χ0v) is 9.12. The van der Waals surface area contributed by atoms with Crippen molar-refractivity contribution in [3.63, 3.8) is 0 Å². The lowest BCUT2D eigenvalue weighted by atomic mass is 10.1. The molecule has 0 saturated heterocycles. The van der Waals surface area contributed by atoms with Crippen molar-refractivity contribution in [3.8, 4) is 0 Å². The van der Waals surface area contributed by atoms with Crippen molar-refractivity contribution in [2.24, 2.45) is 0 Å². The SMILES string of the molecule is CCOC(CC)C(NC)c1ccco1. The van der Waals surface area contributed by atoms with Crippen LogP contribution in [0.4, 0.5) is 0 Å². The maximum absolute atomic E-state index is 5.65. The maximum atomic E-state index is 5.65. The third kappa shape index (κ3) is 2.59. The van der Waals surface area contributed by atoms with E-state index in [0.29, 0.717) is 0 Å². The smallest absolute Gasteiger partial charge is 0.123 e. The van der Waals surface area contributed by atoms with Crippen LogP contribution in [-0.4, -0.2) is 19.8 Å². The fourth-order valence-electron chi connectivity index (χ4n) is 1.64. The highest BCUT2D eigenvalue weighted by Crippen LogP contribution is 2.21. The Morgan fingerprint density at radius 1 is 1.50 bits per heavy atom. The van der Waals surface area contributed by atoms with E-state index in [4.69, 9.17) is 9.15 Å². The van der Waals surface area contributed by atoms with Crippen molar-refractivity contribution in [1.82, 2.24) is 5.32 Å². The van der Waals surface area contributed by atoms with Gasteiger partial charge in [0.25, 0.3) is 0 Å². The van der Waals surface area contributed by atoms with Crippen LogP contribution in [0.1, 0.15) is 32.1 Å². The van der Waals surface area contributed by atoms with Crippen LogP contribution in [0.2, 0.25) is 0 Å². The molecule has 3 nitrogen and oxygen atoms in total. The van der Waals surface area contributed by atoms with Crippen LogP contribution in [0.3, 0.4) is 0 Å². The predicted molar refractivity (Wildman–Crippen MR) is 56.2 cm³/mol. The predicted octanol–water partition coefficient (Wildman–Crippen LogP) is 2.36. The molecular weight excluding hydrogens is 178 g/mol. The van der Waals surface area contributed by atoms with Gasteiger partial charge in [-0.25, -0.2) is 0 Å². The van der Waals surface area contributed by atoms with E-state index >= 15 is 0 Å². The lowest BCUT2D eigenvalue weighted by Gasteiger charge is -2.23. The summed E-state index contributed by atoms with van der Waals surface area (Å²) in [4.78, 5) is 0. The highest BCUT2D eigenvalue weighted by molar-refractivity contribution is 5.06. The summed E-state index contributed by atoms with van der Waals surface area (Å²) in [6.07, 6.45) is 2.84. The van der Waals surface area contributed by atoms with Crippen molar-refractivity contribution in [3.05, 3.63) is 24.2 Å². The van der Waals surface area contributed by atoms with E-state index in [0.717, 1.165) is 18.8 Å². The van der Waals surface area contributed by atoms with Crippen LogP contribution in [0.25, 0.3) is 0 Å². The van der Waals surface area contributed by atoms with Gasteiger partial charge in [0, 0.05) is 6.61 Å². The first-order chi connectivity index (χ1) is 6.83. The highest BCUT2D eigenvalue weighted by Gasteiger charge is 2.22. The Kier molecular flexibility index (Phi) is 4.70. The molecule has 1 rings (SSSR count). The zero-order valence-electron chi connectivity index (χ0n) is 9.12. The summed E-state index contributed by atoms with van der Waals surface area (Å²) in [5.41, 5.74) is 0. The summed E-state index contributed by atoms with van der Waals surface area (Å²) in [5, 5.41) is 3.22. The van der Waals surface area contributed by atoms with Gasteiger partial charge in [-0.3, -0.25) is 0 Å².